The molecule has 0 spiro atoms. The van der Waals surface area contributed by atoms with Crippen molar-refractivity contribution in [1.82, 2.24) is 0 Å². The molecule has 0 atom stereocenters. The zero-order valence-electron chi connectivity index (χ0n) is 9.76. The Morgan fingerprint density at radius 1 is 1.06 bits per heavy atom. The Balaban J connectivity index is 1.97. The predicted octanol–water partition coefficient (Wildman–Crippen LogP) is 0.991. The lowest BCUT2D eigenvalue weighted by atomic mass is 10.0. The van der Waals surface area contributed by atoms with Gasteiger partial charge in [0.25, 0.3) is 0 Å². The summed E-state index contributed by atoms with van der Waals surface area (Å²) in [6, 6.07) is 5.89. The zero-order valence-corrected chi connectivity index (χ0v) is 9.76. The summed E-state index contributed by atoms with van der Waals surface area (Å²) in [5.41, 5.74) is 1.14. The monoisotopic (exact) mass is 238 g/mol. The fourth-order valence-electron chi connectivity index (χ4n) is 1.85. The standard InChI is InChI=1S/C13H18O4/c14-8-11(9-15)2-1-10-3-4-12-13(7-10)17-6-5-16-12/h3-4,7,11,14-15H,1-2,5-6,8-9H2. The molecule has 94 valence electrons. The number of ether oxygens (including phenoxy) is 2. The molecule has 0 saturated carbocycles. The van der Waals surface area contributed by atoms with Crippen LogP contribution in [0.15, 0.2) is 18.2 Å². The summed E-state index contributed by atoms with van der Waals surface area (Å²) in [6.45, 7) is 1.25. The van der Waals surface area contributed by atoms with Gasteiger partial charge in [-0.15, -0.1) is 0 Å². The van der Waals surface area contributed by atoms with Crippen LogP contribution in [0.1, 0.15) is 12.0 Å². The Morgan fingerprint density at radius 2 is 1.76 bits per heavy atom. The highest BCUT2D eigenvalue weighted by atomic mass is 16.6. The molecule has 0 aliphatic carbocycles. The highest BCUT2D eigenvalue weighted by Gasteiger charge is 2.12. The Morgan fingerprint density at radius 3 is 2.47 bits per heavy atom. The van der Waals surface area contributed by atoms with Gasteiger partial charge in [0.2, 0.25) is 0 Å². The molecule has 2 N–H and O–H groups in total. The van der Waals surface area contributed by atoms with Crippen molar-refractivity contribution in [3.8, 4) is 11.5 Å². The van der Waals surface area contributed by atoms with Crippen molar-refractivity contribution >= 4 is 0 Å². The average Bonchev–Trinajstić information content (AvgIpc) is 2.40. The van der Waals surface area contributed by atoms with Crippen LogP contribution in [0.5, 0.6) is 11.5 Å². The molecule has 0 bridgehead atoms. The summed E-state index contributed by atoms with van der Waals surface area (Å²) in [5.74, 6) is 1.54. The number of benzene rings is 1. The average molecular weight is 238 g/mol. The molecular formula is C13H18O4. The van der Waals surface area contributed by atoms with E-state index in [1.54, 1.807) is 0 Å². The minimum atomic E-state index is -0.0387. The van der Waals surface area contributed by atoms with Crippen LogP contribution in [0.4, 0.5) is 0 Å². The largest absolute Gasteiger partial charge is 0.486 e. The van der Waals surface area contributed by atoms with Crippen molar-refractivity contribution in [2.45, 2.75) is 12.8 Å². The molecule has 1 heterocycles. The van der Waals surface area contributed by atoms with E-state index < -0.39 is 0 Å². The molecular weight excluding hydrogens is 220 g/mol. The third-order valence-corrected chi connectivity index (χ3v) is 2.96. The first-order valence-electron chi connectivity index (χ1n) is 5.93. The second kappa shape index (κ2) is 5.89. The predicted molar refractivity (Wildman–Crippen MR) is 63.4 cm³/mol. The third kappa shape index (κ3) is 3.11. The van der Waals surface area contributed by atoms with E-state index in [1.165, 1.54) is 0 Å². The Hall–Kier alpha value is -1.26. The molecule has 0 saturated heterocycles. The normalized spacial score (nSPS) is 14.1. The van der Waals surface area contributed by atoms with Gasteiger partial charge in [0.1, 0.15) is 13.2 Å². The van der Waals surface area contributed by atoms with Crippen LogP contribution in [-0.4, -0.2) is 36.6 Å². The number of fused-ring (bicyclic) bond motifs is 1. The number of aryl methyl sites for hydroxylation is 1. The quantitative estimate of drug-likeness (QED) is 0.803. The fraction of sp³-hybridized carbons (Fsp3) is 0.538. The van der Waals surface area contributed by atoms with Gasteiger partial charge in [-0.2, -0.15) is 0 Å². The van der Waals surface area contributed by atoms with E-state index in [0.717, 1.165) is 29.9 Å². The lowest BCUT2D eigenvalue weighted by molar-refractivity contribution is 0.144. The molecule has 0 fully saturated rings. The topological polar surface area (TPSA) is 58.9 Å². The maximum atomic E-state index is 8.99. The summed E-state index contributed by atoms with van der Waals surface area (Å²) in [5, 5.41) is 18.0. The van der Waals surface area contributed by atoms with E-state index in [-0.39, 0.29) is 19.1 Å². The molecule has 1 aliphatic rings. The van der Waals surface area contributed by atoms with Crippen LogP contribution >= 0.6 is 0 Å². The van der Waals surface area contributed by atoms with Crippen LogP contribution in [0.3, 0.4) is 0 Å². The molecule has 1 aromatic rings. The van der Waals surface area contributed by atoms with Gasteiger partial charge in [-0.25, -0.2) is 0 Å². The van der Waals surface area contributed by atoms with Crippen molar-refractivity contribution in [1.29, 1.82) is 0 Å². The van der Waals surface area contributed by atoms with Crippen molar-refractivity contribution in [2.75, 3.05) is 26.4 Å². The van der Waals surface area contributed by atoms with Crippen LogP contribution in [0.25, 0.3) is 0 Å². The molecule has 1 aromatic carbocycles. The molecule has 0 amide bonds. The van der Waals surface area contributed by atoms with Gasteiger partial charge < -0.3 is 19.7 Å². The molecule has 1 aliphatic heterocycles. The Kier molecular flexibility index (Phi) is 4.23. The maximum absolute atomic E-state index is 8.99. The summed E-state index contributed by atoms with van der Waals surface area (Å²) >= 11 is 0. The number of aliphatic hydroxyl groups excluding tert-OH is 2. The lowest BCUT2D eigenvalue weighted by Gasteiger charge is -2.19. The van der Waals surface area contributed by atoms with E-state index >= 15 is 0 Å². The highest BCUT2D eigenvalue weighted by molar-refractivity contribution is 5.43. The second-order valence-corrected chi connectivity index (χ2v) is 4.25. The van der Waals surface area contributed by atoms with Gasteiger partial charge in [-0.1, -0.05) is 6.07 Å². The lowest BCUT2D eigenvalue weighted by Crippen LogP contribution is -2.15. The zero-order chi connectivity index (χ0) is 12.1. The second-order valence-electron chi connectivity index (χ2n) is 4.25. The number of hydrogen-bond donors (Lipinski definition) is 2. The van der Waals surface area contributed by atoms with Crippen LogP contribution in [-0.2, 0) is 6.42 Å². The van der Waals surface area contributed by atoms with Crippen molar-refractivity contribution < 1.29 is 19.7 Å². The molecule has 0 unspecified atom stereocenters. The van der Waals surface area contributed by atoms with Gasteiger partial charge >= 0.3 is 0 Å². The number of aliphatic hydroxyl groups is 2. The first-order valence-corrected chi connectivity index (χ1v) is 5.93. The maximum Gasteiger partial charge on any atom is 0.161 e. The minimum Gasteiger partial charge on any atom is -0.486 e. The van der Waals surface area contributed by atoms with Gasteiger partial charge in [0.15, 0.2) is 11.5 Å². The van der Waals surface area contributed by atoms with Crippen LogP contribution < -0.4 is 9.47 Å². The fourth-order valence-corrected chi connectivity index (χ4v) is 1.85. The highest BCUT2D eigenvalue weighted by Crippen LogP contribution is 2.31. The van der Waals surface area contributed by atoms with Gasteiger partial charge in [0, 0.05) is 19.1 Å². The van der Waals surface area contributed by atoms with Crippen molar-refractivity contribution in [2.24, 2.45) is 5.92 Å². The van der Waals surface area contributed by atoms with Crippen LogP contribution in [0.2, 0.25) is 0 Å². The number of hydrogen-bond acceptors (Lipinski definition) is 4. The van der Waals surface area contributed by atoms with E-state index in [1.807, 2.05) is 18.2 Å². The number of rotatable bonds is 5. The van der Waals surface area contributed by atoms with E-state index in [0.29, 0.717) is 13.2 Å². The minimum absolute atomic E-state index is 0.0288. The summed E-state index contributed by atoms with van der Waals surface area (Å²) < 4.78 is 10.9. The summed E-state index contributed by atoms with van der Waals surface area (Å²) in [6.07, 6.45) is 1.59. The van der Waals surface area contributed by atoms with E-state index in [2.05, 4.69) is 0 Å². The Bertz CT molecular complexity index is 360. The molecule has 0 radical (unpaired) electrons. The Labute approximate surface area is 101 Å². The molecule has 4 nitrogen and oxygen atoms in total. The molecule has 4 heteroatoms. The van der Waals surface area contributed by atoms with Gasteiger partial charge in [0.05, 0.1) is 0 Å². The molecule has 0 aromatic heterocycles. The first kappa shape index (κ1) is 12.2. The third-order valence-electron chi connectivity index (χ3n) is 2.96. The van der Waals surface area contributed by atoms with Crippen molar-refractivity contribution in [3.05, 3.63) is 23.8 Å². The van der Waals surface area contributed by atoms with Crippen LogP contribution in [0, 0.1) is 5.92 Å². The SMILES string of the molecule is OCC(CO)CCc1ccc2c(c1)OCCO2. The smallest absolute Gasteiger partial charge is 0.161 e. The van der Waals surface area contributed by atoms with Gasteiger partial charge in [-0.05, 0) is 30.5 Å². The van der Waals surface area contributed by atoms with E-state index in [9.17, 15) is 0 Å². The molecule has 17 heavy (non-hydrogen) atoms. The van der Waals surface area contributed by atoms with E-state index in [4.69, 9.17) is 19.7 Å². The summed E-state index contributed by atoms with van der Waals surface area (Å²) in [7, 11) is 0. The van der Waals surface area contributed by atoms with Crippen molar-refractivity contribution in [3.63, 3.8) is 0 Å². The summed E-state index contributed by atoms with van der Waals surface area (Å²) in [4.78, 5) is 0. The van der Waals surface area contributed by atoms with Gasteiger partial charge in [-0.3, -0.25) is 0 Å². The first-order chi connectivity index (χ1) is 8.33. The molecule has 2 rings (SSSR count).